The van der Waals surface area contributed by atoms with Crippen LogP contribution in [0.5, 0.6) is 0 Å². The highest BCUT2D eigenvalue weighted by atomic mass is 79.9. The topological polar surface area (TPSA) is 0 Å². The van der Waals surface area contributed by atoms with Crippen LogP contribution in [0.4, 0.5) is 0 Å². The first-order chi connectivity index (χ1) is 7.58. The lowest BCUT2D eigenvalue weighted by molar-refractivity contribution is 1.17. The summed E-state index contributed by atoms with van der Waals surface area (Å²) in [7, 11) is 0. The summed E-state index contributed by atoms with van der Waals surface area (Å²) in [4.78, 5) is 2.50. The summed E-state index contributed by atoms with van der Waals surface area (Å²) in [6, 6.07) is 10.5. The second kappa shape index (κ2) is 4.91. The molecule has 0 saturated heterocycles. The fourth-order valence-corrected chi connectivity index (χ4v) is 3.14. The van der Waals surface area contributed by atoms with Crippen molar-refractivity contribution in [1.82, 2.24) is 0 Å². The van der Waals surface area contributed by atoms with Gasteiger partial charge in [0.2, 0.25) is 0 Å². The highest BCUT2D eigenvalue weighted by Crippen LogP contribution is 2.35. The average molecular weight is 316 g/mol. The van der Waals surface area contributed by atoms with Crippen molar-refractivity contribution in [2.45, 2.75) is 19.2 Å². The molecule has 1 aromatic heterocycles. The lowest BCUT2D eigenvalue weighted by atomic mass is 10.1. The summed E-state index contributed by atoms with van der Waals surface area (Å²) >= 11 is 11.7. The first-order valence-electron chi connectivity index (χ1n) is 5.04. The third-order valence-electron chi connectivity index (χ3n) is 2.50. The van der Waals surface area contributed by atoms with E-state index in [9.17, 15) is 0 Å². The van der Waals surface area contributed by atoms with Gasteiger partial charge in [0, 0.05) is 14.2 Å². The van der Waals surface area contributed by atoms with Gasteiger partial charge in [0.1, 0.15) is 0 Å². The van der Waals surface area contributed by atoms with E-state index in [1.54, 1.807) is 11.3 Å². The lowest BCUT2D eigenvalue weighted by Crippen LogP contribution is -1.90. The molecule has 0 aliphatic carbocycles. The lowest BCUT2D eigenvalue weighted by Gasteiger charge is -2.09. The Balaban J connectivity index is 2.33. The number of halogens is 2. The molecule has 0 bridgehead atoms. The van der Waals surface area contributed by atoms with E-state index in [1.807, 2.05) is 0 Å². The molecule has 1 aromatic carbocycles. The molecule has 0 N–H and O–H groups in total. The summed E-state index contributed by atoms with van der Waals surface area (Å²) in [5, 5.41) is -0.0457. The Hall–Kier alpha value is -0.310. The molecule has 84 valence electrons. The van der Waals surface area contributed by atoms with Gasteiger partial charge in [0.25, 0.3) is 0 Å². The maximum Gasteiger partial charge on any atom is 0.0928 e. The Kier molecular flexibility index (Phi) is 3.73. The molecule has 0 radical (unpaired) electrons. The largest absolute Gasteiger partial charge is 0.144 e. The quantitative estimate of drug-likeness (QED) is 0.646. The molecule has 0 spiro atoms. The molecule has 2 aromatic rings. The molecule has 3 heteroatoms. The van der Waals surface area contributed by atoms with Crippen LogP contribution in [0.3, 0.4) is 0 Å². The van der Waals surface area contributed by atoms with E-state index in [0.29, 0.717) is 0 Å². The van der Waals surface area contributed by atoms with E-state index < -0.39 is 0 Å². The molecular weight excluding hydrogens is 304 g/mol. The minimum atomic E-state index is -0.0457. The van der Waals surface area contributed by atoms with Crippen molar-refractivity contribution in [1.29, 1.82) is 0 Å². The van der Waals surface area contributed by atoms with Gasteiger partial charge in [-0.2, -0.15) is 0 Å². The third-order valence-corrected chi connectivity index (χ3v) is 5.04. The van der Waals surface area contributed by atoms with Gasteiger partial charge in [-0.1, -0.05) is 28.1 Å². The van der Waals surface area contributed by atoms with Gasteiger partial charge in [-0.3, -0.25) is 0 Å². The van der Waals surface area contributed by atoms with Crippen LogP contribution in [-0.4, -0.2) is 0 Å². The molecule has 0 amide bonds. The van der Waals surface area contributed by atoms with E-state index in [1.165, 1.54) is 15.3 Å². The molecule has 0 fully saturated rings. The monoisotopic (exact) mass is 314 g/mol. The zero-order valence-electron chi connectivity index (χ0n) is 9.13. The van der Waals surface area contributed by atoms with Crippen LogP contribution in [0.1, 0.15) is 26.3 Å². The van der Waals surface area contributed by atoms with Gasteiger partial charge in [-0.05, 0) is 43.2 Å². The van der Waals surface area contributed by atoms with Crippen LogP contribution in [0, 0.1) is 13.8 Å². The zero-order valence-corrected chi connectivity index (χ0v) is 12.3. The first kappa shape index (κ1) is 12.2. The van der Waals surface area contributed by atoms with Crippen molar-refractivity contribution in [2.24, 2.45) is 0 Å². The number of benzene rings is 1. The van der Waals surface area contributed by atoms with Gasteiger partial charge in [-0.25, -0.2) is 0 Å². The Morgan fingerprint density at radius 3 is 2.50 bits per heavy atom. The van der Waals surface area contributed by atoms with Crippen molar-refractivity contribution in [3.63, 3.8) is 0 Å². The van der Waals surface area contributed by atoms with Crippen LogP contribution in [0.25, 0.3) is 0 Å². The maximum atomic E-state index is 6.46. The summed E-state index contributed by atoms with van der Waals surface area (Å²) in [6.45, 7) is 4.18. The second-order valence-corrected chi connectivity index (χ2v) is 6.43. The van der Waals surface area contributed by atoms with Crippen LogP contribution < -0.4 is 0 Å². The Bertz CT molecular complexity index is 504. The SMILES string of the molecule is Cc1ccc(C(Cl)c2ccc(C)c(Br)c2)s1. The standard InChI is InChI=1S/C13H12BrClS/c1-8-3-5-10(7-11(8)14)13(15)12-6-4-9(2)16-12/h3-7,13H,1-2H3. The number of aryl methyl sites for hydroxylation is 2. The number of hydrogen-bond acceptors (Lipinski definition) is 1. The molecular formula is C13H12BrClS. The molecule has 0 saturated carbocycles. The smallest absolute Gasteiger partial charge is 0.0928 e. The number of thiophene rings is 1. The molecule has 0 nitrogen and oxygen atoms in total. The summed E-state index contributed by atoms with van der Waals surface area (Å²) in [5.74, 6) is 0. The first-order valence-corrected chi connectivity index (χ1v) is 7.09. The molecule has 2 rings (SSSR count). The second-order valence-electron chi connectivity index (χ2n) is 3.82. The highest BCUT2D eigenvalue weighted by Gasteiger charge is 2.13. The van der Waals surface area contributed by atoms with E-state index in [2.05, 4.69) is 60.1 Å². The van der Waals surface area contributed by atoms with Crippen molar-refractivity contribution in [2.75, 3.05) is 0 Å². The molecule has 0 aliphatic heterocycles. The third kappa shape index (κ3) is 2.50. The number of hydrogen-bond donors (Lipinski definition) is 0. The van der Waals surface area contributed by atoms with E-state index in [0.717, 1.165) is 10.0 Å². The Labute approximate surface area is 113 Å². The van der Waals surface area contributed by atoms with Crippen molar-refractivity contribution < 1.29 is 0 Å². The predicted octanol–water partition coefficient (Wildman–Crippen LogP) is 5.46. The van der Waals surface area contributed by atoms with Crippen LogP contribution >= 0.6 is 38.9 Å². The van der Waals surface area contributed by atoms with Gasteiger partial charge >= 0.3 is 0 Å². The minimum Gasteiger partial charge on any atom is -0.144 e. The number of rotatable bonds is 2. The fourth-order valence-electron chi connectivity index (χ4n) is 1.52. The van der Waals surface area contributed by atoms with E-state index in [4.69, 9.17) is 11.6 Å². The van der Waals surface area contributed by atoms with Gasteiger partial charge in [-0.15, -0.1) is 22.9 Å². The molecule has 16 heavy (non-hydrogen) atoms. The van der Waals surface area contributed by atoms with Gasteiger partial charge < -0.3 is 0 Å². The predicted molar refractivity (Wildman–Crippen MR) is 75.6 cm³/mol. The molecule has 1 heterocycles. The normalized spacial score (nSPS) is 12.8. The van der Waals surface area contributed by atoms with Crippen molar-refractivity contribution >= 4 is 38.9 Å². The van der Waals surface area contributed by atoms with E-state index in [-0.39, 0.29) is 5.38 Å². The number of alkyl halides is 1. The summed E-state index contributed by atoms with van der Waals surface area (Å²) < 4.78 is 1.11. The Morgan fingerprint density at radius 1 is 1.19 bits per heavy atom. The van der Waals surface area contributed by atoms with Crippen LogP contribution in [0.2, 0.25) is 0 Å². The average Bonchev–Trinajstić information content (AvgIpc) is 2.68. The molecule has 0 aliphatic rings. The van der Waals surface area contributed by atoms with Crippen LogP contribution in [0.15, 0.2) is 34.8 Å². The van der Waals surface area contributed by atoms with Crippen molar-refractivity contribution in [3.05, 3.63) is 55.7 Å². The summed E-state index contributed by atoms with van der Waals surface area (Å²) in [6.07, 6.45) is 0. The molecule has 1 unspecified atom stereocenters. The highest BCUT2D eigenvalue weighted by molar-refractivity contribution is 9.10. The minimum absolute atomic E-state index is 0.0457. The maximum absolute atomic E-state index is 6.46. The Morgan fingerprint density at radius 2 is 1.94 bits per heavy atom. The van der Waals surface area contributed by atoms with Gasteiger partial charge in [0.15, 0.2) is 0 Å². The van der Waals surface area contributed by atoms with Crippen LogP contribution in [-0.2, 0) is 0 Å². The van der Waals surface area contributed by atoms with E-state index >= 15 is 0 Å². The zero-order chi connectivity index (χ0) is 11.7. The summed E-state index contributed by atoms with van der Waals surface area (Å²) in [5.41, 5.74) is 2.37. The fraction of sp³-hybridized carbons (Fsp3) is 0.231. The molecule has 1 atom stereocenters. The van der Waals surface area contributed by atoms with Crippen molar-refractivity contribution in [3.8, 4) is 0 Å². The van der Waals surface area contributed by atoms with Gasteiger partial charge in [0.05, 0.1) is 5.38 Å².